The van der Waals surface area contributed by atoms with Crippen molar-refractivity contribution in [2.75, 3.05) is 0 Å². The van der Waals surface area contributed by atoms with Crippen molar-refractivity contribution >= 4 is 13.3 Å². The van der Waals surface area contributed by atoms with Gasteiger partial charge in [-0.3, -0.25) is 0 Å². The third-order valence-corrected chi connectivity index (χ3v) is 2.30. The van der Waals surface area contributed by atoms with Crippen LogP contribution >= 0.6 is 0 Å². The van der Waals surface area contributed by atoms with Gasteiger partial charge in [-0.25, -0.2) is 0 Å². The van der Waals surface area contributed by atoms with Crippen molar-refractivity contribution < 1.29 is 0 Å². The van der Waals surface area contributed by atoms with Gasteiger partial charge in [0.2, 0.25) is 0 Å². The summed E-state index contributed by atoms with van der Waals surface area (Å²) in [5.41, 5.74) is 4.53. The van der Waals surface area contributed by atoms with Crippen molar-refractivity contribution in [1.82, 2.24) is 0 Å². The predicted molar refractivity (Wildman–Crippen MR) is 62.0 cm³/mol. The minimum atomic E-state index is 0.806. The molecule has 0 bridgehead atoms. The Morgan fingerprint density at radius 3 is 1.64 bits per heavy atom. The molecule has 0 N–H and O–H groups in total. The average molecular weight is 178 g/mol. The molecule has 66 valence electrons. The fraction of sp³-hybridized carbons (Fsp3) is 0.0769. The van der Waals surface area contributed by atoms with Gasteiger partial charge in [0.15, 0.2) is 0 Å². The SMILES string of the molecule is [B]c1ccc(-c2ccc(C)cc2)cc1. The maximum absolute atomic E-state index is 5.63. The maximum Gasteiger partial charge on any atom is 0.113 e. The van der Waals surface area contributed by atoms with E-state index in [0.717, 1.165) is 5.46 Å². The minimum Gasteiger partial charge on any atom is -0.0966 e. The third kappa shape index (κ3) is 1.87. The molecule has 0 atom stereocenters. The van der Waals surface area contributed by atoms with Gasteiger partial charge in [-0.05, 0) is 18.1 Å². The second kappa shape index (κ2) is 3.71. The fourth-order valence-electron chi connectivity index (χ4n) is 1.42. The predicted octanol–water partition coefficient (Wildman–Crippen LogP) is 2.46. The Morgan fingerprint density at radius 2 is 1.14 bits per heavy atom. The van der Waals surface area contributed by atoms with Crippen LogP contribution in [0.2, 0.25) is 0 Å². The Balaban J connectivity index is 2.40. The highest BCUT2D eigenvalue weighted by Gasteiger charge is 1.95. The molecule has 0 unspecified atom stereocenters. The van der Waals surface area contributed by atoms with Crippen molar-refractivity contribution in [3.63, 3.8) is 0 Å². The standard InChI is InChI=1S/C13H11B/c1-10-2-4-11(5-3-10)12-6-8-13(14)9-7-12/h2-9H,1H3. The van der Waals surface area contributed by atoms with Gasteiger partial charge in [-0.15, -0.1) is 0 Å². The lowest BCUT2D eigenvalue weighted by atomic mass is 9.93. The molecule has 2 rings (SSSR count). The zero-order valence-corrected chi connectivity index (χ0v) is 8.20. The zero-order chi connectivity index (χ0) is 9.97. The summed E-state index contributed by atoms with van der Waals surface area (Å²) in [6, 6.07) is 16.4. The number of benzene rings is 2. The van der Waals surface area contributed by atoms with E-state index in [0.29, 0.717) is 0 Å². The zero-order valence-electron chi connectivity index (χ0n) is 8.20. The van der Waals surface area contributed by atoms with E-state index in [2.05, 4.69) is 31.2 Å². The Morgan fingerprint density at radius 1 is 0.714 bits per heavy atom. The molecule has 2 aromatic carbocycles. The van der Waals surface area contributed by atoms with Crippen LogP contribution in [-0.2, 0) is 0 Å². The molecule has 0 nitrogen and oxygen atoms in total. The topological polar surface area (TPSA) is 0 Å². The first-order chi connectivity index (χ1) is 6.75. The average Bonchev–Trinajstić information content (AvgIpc) is 2.21. The van der Waals surface area contributed by atoms with Gasteiger partial charge in [0.1, 0.15) is 7.85 Å². The highest BCUT2D eigenvalue weighted by atomic mass is 14.0. The van der Waals surface area contributed by atoms with E-state index < -0.39 is 0 Å². The molecule has 2 aromatic rings. The summed E-state index contributed by atoms with van der Waals surface area (Å²) in [5.74, 6) is 0. The van der Waals surface area contributed by atoms with Gasteiger partial charge in [-0.2, -0.15) is 0 Å². The molecule has 14 heavy (non-hydrogen) atoms. The monoisotopic (exact) mass is 178 g/mol. The van der Waals surface area contributed by atoms with E-state index in [4.69, 9.17) is 7.85 Å². The molecule has 0 amide bonds. The van der Waals surface area contributed by atoms with Crippen molar-refractivity contribution in [3.05, 3.63) is 54.1 Å². The number of aryl methyl sites for hydroxylation is 1. The largest absolute Gasteiger partial charge is 0.113 e. The van der Waals surface area contributed by atoms with Gasteiger partial charge in [0, 0.05) is 0 Å². The summed E-state index contributed by atoms with van der Waals surface area (Å²) in [4.78, 5) is 0. The van der Waals surface area contributed by atoms with Crippen molar-refractivity contribution in [2.45, 2.75) is 6.92 Å². The lowest BCUT2D eigenvalue weighted by molar-refractivity contribution is 1.47. The quantitative estimate of drug-likeness (QED) is 0.588. The molecule has 0 fully saturated rings. The van der Waals surface area contributed by atoms with E-state index >= 15 is 0 Å². The van der Waals surface area contributed by atoms with Gasteiger partial charge in [0.25, 0.3) is 0 Å². The molecule has 0 heterocycles. The number of hydrogen-bond acceptors (Lipinski definition) is 0. The molecule has 0 aliphatic heterocycles. The molecule has 0 aliphatic carbocycles. The molecule has 0 spiro atoms. The Bertz CT molecular complexity index is 368. The van der Waals surface area contributed by atoms with Crippen molar-refractivity contribution in [2.24, 2.45) is 0 Å². The molecule has 0 saturated carbocycles. The first kappa shape index (κ1) is 9.08. The van der Waals surface area contributed by atoms with Crippen LogP contribution in [0.1, 0.15) is 5.56 Å². The van der Waals surface area contributed by atoms with Crippen LogP contribution in [0.5, 0.6) is 0 Å². The summed E-state index contributed by atoms with van der Waals surface area (Å²) in [5, 5.41) is 0. The van der Waals surface area contributed by atoms with Gasteiger partial charge < -0.3 is 0 Å². The van der Waals surface area contributed by atoms with E-state index in [1.807, 2.05) is 24.3 Å². The second-order valence-corrected chi connectivity index (χ2v) is 3.49. The first-order valence-corrected chi connectivity index (χ1v) is 4.68. The Labute approximate surface area is 86.0 Å². The lowest BCUT2D eigenvalue weighted by Crippen LogP contribution is -1.99. The summed E-state index contributed by atoms with van der Waals surface area (Å²) < 4.78 is 0. The van der Waals surface area contributed by atoms with Crippen LogP contribution in [0.15, 0.2) is 48.5 Å². The van der Waals surface area contributed by atoms with Crippen LogP contribution < -0.4 is 5.46 Å². The number of rotatable bonds is 1. The van der Waals surface area contributed by atoms with Crippen LogP contribution in [0.3, 0.4) is 0 Å². The first-order valence-electron chi connectivity index (χ1n) is 4.68. The van der Waals surface area contributed by atoms with Crippen LogP contribution in [-0.4, -0.2) is 7.85 Å². The van der Waals surface area contributed by atoms with Crippen molar-refractivity contribution in [1.29, 1.82) is 0 Å². The van der Waals surface area contributed by atoms with E-state index in [-0.39, 0.29) is 0 Å². The van der Waals surface area contributed by atoms with Gasteiger partial charge in [0.05, 0.1) is 0 Å². The van der Waals surface area contributed by atoms with E-state index in [1.165, 1.54) is 16.7 Å². The molecular weight excluding hydrogens is 167 g/mol. The molecular formula is C13H11B. The molecule has 0 aromatic heterocycles. The second-order valence-electron chi connectivity index (χ2n) is 3.49. The molecule has 0 saturated heterocycles. The molecule has 1 heteroatoms. The highest BCUT2D eigenvalue weighted by Crippen LogP contribution is 2.18. The van der Waals surface area contributed by atoms with Crippen LogP contribution in [0.4, 0.5) is 0 Å². The Hall–Kier alpha value is -1.50. The molecule has 2 radical (unpaired) electrons. The summed E-state index contributed by atoms with van der Waals surface area (Å²) in [7, 11) is 5.63. The third-order valence-electron chi connectivity index (χ3n) is 2.30. The van der Waals surface area contributed by atoms with E-state index in [1.54, 1.807) is 0 Å². The lowest BCUT2D eigenvalue weighted by Gasteiger charge is -2.02. The minimum absolute atomic E-state index is 0.806. The highest BCUT2D eigenvalue weighted by molar-refractivity contribution is 6.32. The number of hydrogen-bond donors (Lipinski definition) is 0. The molecule has 0 aliphatic rings. The maximum atomic E-state index is 5.63. The van der Waals surface area contributed by atoms with Crippen molar-refractivity contribution in [3.8, 4) is 11.1 Å². The normalized spacial score (nSPS) is 10.1. The Kier molecular flexibility index (Phi) is 2.40. The van der Waals surface area contributed by atoms with Crippen LogP contribution in [0.25, 0.3) is 11.1 Å². The van der Waals surface area contributed by atoms with Gasteiger partial charge >= 0.3 is 0 Å². The summed E-state index contributed by atoms with van der Waals surface area (Å²) in [6.07, 6.45) is 0. The summed E-state index contributed by atoms with van der Waals surface area (Å²) >= 11 is 0. The van der Waals surface area contributed by atoms with Crippen LogP contribution in [0, 0.1) is 6.92 Å². The summed E-state index contributed by atoms with van der Waals surface area (Å²) in [6.45, 7) is 2.09. The van der Waals surface area contributed by atoms with Gasteiger partial charge in [-0.1, -0.05) is 59.6 Å². The van der Waals surface area contributed by atoms with E-state index in [9.17, 15) is 0 Å². The smallest absolute Gasteiger partial charge is 0.0966 e. The fourth-order valence-corrected chi connectivity index (χ4v) is 1.42.